The molecule has 0 aromatic carbocycles. The van der Waals surface area contributed by atoms with E-state index in [9.17, 15) is 4.79 Å². The van der Waals surface area contributed by atoms with Gasteiger partial charge in [-0.05, 0) is 19.3 Å². The van der Waals surface area contributed by atoms with Gasteiger partial charge in [-0.25, -0.2) is 0 Å². The zero-order chi connectivity index (χ0) is 11.1. The molecule has 1 heterocycles. The quantitative estimate of drug-likeness (QED) is 0.474. The molecule has 0 amide bonds. The lowest BCUT2D eigenvalue weighted by Crippen LogP contribution is -1.97. The van der Waals surface area contributed by atoms with Crippen LogP contribution in [0.5, 0.6) is 0 Å². The van der Waals surface area contributed by atoms with Crippen LogP contribution in [0.15, 0.2) is 0 Å². The van der Waals surface area contributed by atoms with Crippen LogP contribution in [0, 0.1) is 0 Å². The van der Waals surface area contributed by atoms with E-state index in [1.54, 1.807) is 0 Å². The van der Waals surface area contributed by atoms with Crippen LogP contribution < -0.4 is 0 Å². The Morgan fingerprint density at radius 1 is 1.13 bits per heavy atom. The Morgan fingerprint density at radius 2 is 1.73 bits per heavy atom. The van der Waals surface area contributed by atoms with Crippen molar-refractivity contribution in [1.29, 1.82) is 0 Å². The average Bonchev–Trinajstić information content (AvgIpc) is 2.92. The predicted octanol–water partition coefficient (Wildman–Crippen LogP) is 2.98. The normalized spacial score (nSPS) is 24.1. The van der Waals surface area contributed by atoms with Crippen molar-refractivity contribution in [1.82, 2.24) is 0 Å². The summed E-state index contributed by atoms with van der Waals surface area (Å²) in [6.45, 7) is 2.21. The van der Waals surface area contributed by atoms with Gasteiger partial charge >= 0.3 is 5.97 Å². The third-order valence-corrected chi connectivity index (χ3v) is 2.91. The molecule has 1 fully saturated rings. The van der Waals surface area contributed by atoms with Gasteiger partial charge < -0.3 is 9.84 Å². The van der Waals surface area contributed by atoms with E-state index in [2.05, 4.69) is 6.92 Å². The number of carbonyl (C=O) groups is 1. The first-order valence-corrected chi connectivity index (χ1v) is 6.11. The van der Waals surface area contributed by atoms with E-state index >= 15 is 0 Å². The summed E-state index contributed by atoms with van der Waals surface area (Å²) < 4.78 is 5.52. The summed E-state index contributed by atoms with van der Waals surface area (Å²) in [5.41, 5.74) is 0. The van der Waals surface area contributed by atoms with Crippen molar-refractivity contribution in [2.75, 3.05) is 0 Å². The van der Waals surface area contributed by atoms with Crippen molar-refractivity contribution in [3.8, 4) is 0 Å². The van der Waals surface area contributed by atoms with Gasteiger partial charge in [0.15, 0.2) is 0 Å². The minimum Gasteiger partial charge on any atom is -0.481 e. The van der Waals surface area contributed by atoms with Crippen LogP contribution in [0.2, 0.25) is 0 Å². The molecule has 0 aromatic rings. The number of rotatable bonds is 9. The highest BCUT2D eigenvalue weighted by Crippen LogP contribution is 2.31. The molecule has 88 valence electrons. The lowest BCUT2D eigenvalue weighted by molar-refractivity contribution is -0.137. The second kappa shape index (κ2) is 6.83. The maximum absolute atomic E-state index is 10.3. The minimum atomic E-state index is -0.689. The molecule has 3 nitrogen and oxygen atoms in total. The predicted molar refractivity (Wildman–Crippen MR) is 58.9 cm³/mol. The topological polar surface area (TPSA) is 49.8 Å². The number of unbranched alkanes of at least 4 members (excludes halogenated alkanes) is 3. The van der Waals surface area contributed by atoms with Crippen molar-refractivity contribution in [3.05, 3.63) is 0 Å². The second-order valence-electron chi connectivity index (χ2n) is 4.35. The Hall–Kier alpha value is -0.570. The highest BCUT2D eigenvalue weighted by molar-refractivity contribution is 5.66. The van der Waals surface area contributed by atoms with Crippen molar-refractivity contribution in [3.63, 3.8) is 0 Å². The fourth-order valence-corrected chi connectivity index (χ4v) is 1.90. The monoisotopic (exact) mass is 214 g/mol. The van der Waals surface area contributed by atoms with Gasteiger partial charge in [0, 0.05) is 6.42 Å². The molecule has 1 N–H and O–H groups in total. The van der Waals surface area contributed by atoms with Crippen molar-refractivity contribution >= 4 is 5.97 Å². The molecule has 0 radical (unpaired) electrons. The van der Waals surface area contributed by atoms with E-state index in [-0.39, 0.29) is 0 Å². The lowest BCUT2D eigenvalue weighted by Gasteiger charge is -1.96. The second-order valence-corrected chi connectivity index (χ2v) is 4.35. The van der Waals surface area contributed by atoms with E-state index in [0.29, 0.717) is 18.6 Å². The van der Waals surface area contributed by atoms with E-state index < -0.39 is 5.97 Å². The first kappa shape index (κ1) is 12.5. The third-order valence-electron chi connectivity index (χ3n) is 2.91. The largest absolute Gasteiger partial charge is 0.481 e. The van der Waals surface area contributed by atoms with Gasteiger partial charge in [-0.15, -0.1) is 0 Å². The SMILES string of the molecule is CCCCCC1OC1CCCCC(=O)O. The van der Waals surface area contributed by atoms with E-state index in [1.807, 2.05) is 0 Å². The van der Waals surface area contributed by atoms with Gasteiger partial charge in [0.25, 0.3) is 0 Å². The summed E-state index contributed by atoms with van der Waals surface area (Å²) in [7, 11) is 0. The standard InChI is InChI=1S/C12H22O3/c1-2-3-4-7-10-11(15-10)8-5-6-9-12(13)14/h10-11H,2-9H2,1H3,(H,13,14). The summed E-state index contributed by atoms with van der Waals surface area (Å²) >= 11 is 0. The Kier molecular flexibility index (Phi) is 5.69. The molecular formula is C12H22O3. The molecule has 15 heavy (non-hydrogen) atoms. The molecule has 3 heteroatoms. The molecule has 0 aliphatic carbocycles. The van der Waals surface area contributed by atoms with Crippen LogP contribution in [-0.4, -0.2) is 23.3 Å². The molecule has 0 saturated carbocycles. The van der Waals surface area contributed by atoms with E-state index in [0.717, 1.165) is 19.3 Å². The number of carboxylic acid groups (broad SMARTS) is 1. The number of epoxide rings is 1. The van der Waals surface area contributed by atoms with Gasteiger partial charge in [0.2, 0.25) is 0 Å². The van der Waals surface area contributed by atoms with Crippen LogP contribution >= 0.6 is 0 Å². The number of hydrogen-bond acceptors (Lipinski definition) is 2. The molecular weight excluding hydrogens is 192 g/mol. The molecule has 0 bridgehead atoms. The summed E-state index contributed by atoms with van der Waals surface area (Å²) in [5.74, 6) is -0.689. The van der Waals surface area contributed by atoms with E-state index in [4.69, 9.17) is 9.84 Å². The number of carboxylic acids is 1. The minimum absolute atomic E-state index is 0.299. The fraction of sp³-hybridized carbons (Fsp3) is 0.917. The first-order chi connectivity index (χ1) is 7.24. The molecule has 2 atom stereocenters. The van der Waals surface area contributed by atoms with Gasteiger partial charge in [0.1, 0.15) is 0 Å². The Morgan fingerprint density at radius 3 is 2.27 bits per heavy atom. The number of hydrogen-bond donors (Lipinski definition) is 1. The van der Waals surface area contributed by atoms with Gasteiger partial charge in [-0.1, -0.05) is 32.6 Å². The molecule has 1 rings (SSSR count). The van der Waals surface area contributed by atoms with Gasteiger partial charge in [0.05, 0.1) is 12.2 Å². The van der Waals surface area contributed by atoms with E-state index in [1.165, 1.54) is 25.7 Å². The third kappa shape index (κ3) is 5.78. The molecule has 1 aliphatic rings. The van der Waals surface area contributed by atoms with Gasteiger partial charge in [-0.3, -0.25) is 4.79 Å². The summed E-state index contributed by atoms with van der Waals surface area (Å²) in [5, 5.41) is 8.46. The summed E-state index contributed by atoms with van der Waals surface area (Å²) in [6.07, 6.45) is 9.07. The molecule has 1 saturated heterocycles. The maximum atomic E-state index is 10.3. The fourth-order valence-electron chi connectivity index (χ4n) is 1.90. The zero-order valence-electron chi connectivity index (χ0n) is 9.58. The Balaban J connectivity index is 1.86. The average molecular weight is 214 g/mol. The highest BCUT2D eigenvalue weighted by Gasteiger charge is 2.36. The highest BCUT2D eigenvalue weighted by atomic mass is 16.6. The molecule has 0 spiro atoms. The van der Waals surface area contributed by atoms with Crippen molar-refractivity contribution in [2.24, 2.45) is 0 Å². The van der Waals surface area contributed by atoms with Crippen molar-refractivity contribution < 1.29 is 14.6 Å². The molecule has 2 unspecified atom stereocenters. The summed E-state index contributed by atoms with van der Waals surface area (Å²) in [6, 6.07) is 0. The summed E-state index contributed by atoms with van der Waals surface area (Å²) in [4.78, 5) is 10.3. The lowest BCUT2D eigenvalue weighted by atomic mass is 10.1. The van der Waals surface area contributed by atoms with Gasteiger partial charge in [-0.2, -0.15) is 0 Å². The van der Waals surface area contributed by atoms with Crippen LogP contribution in [0.25, 0.3) is 0 Å². The van der Waals surface area contributed by atoms with Crippen LogP contribution in [-0.2, 0) is 9.53 Å². The van der Waals surface area contributed by atoms with Crippen LogP contribution in [0.4, 0.5) is 0 Å². The zero-order valence-corrected chi connectivity index (χ0v) is 9.58. The van der Waals surface area contributed by atoms with Crippen molar-refractivity contribution in [2.45, 2.75) is 70.5 Å². The van der Waals surface area contributed by atoms with Crippen LogP contribution in [0.3, 0.4) is 0 Å². The molecule has 1 aliphatic heterocycles. The Labute approximate surface area is 91.8 Å². The Bertz CT molecular complexity index is 191. The molecule has 0 aromatic heterocycles. The maximum Gasteiger partial charge on any atom is 0.303 e. The number of aliphatic carboxylic acids is 1. The number of ether oxygens (including phenoxy) is 1. The van der Waals surface area contributed by atoms with Crippen LogP contribution in [0.1, 0.15) is 58.3 Å². The smallest absolute Gasteiger partial charge is 0.303 e. The first-order valence-electron chi connectivity index (χ1n) is 6.11.